The van der Waals surface area contributed by atoms with E-state index in [1.165, 1.54) is 6.92 Å². The average Bonchev–Trinajstić information content (AvgIpc) is 2.96. The highest BCUT2D eigenvalue weighted by molar-refractivity contribution is 5.66. The Bertz CT molecular complexity index is 741. The Hall–Kier alpha value is -2.43. The quantitative estimate of drug-likeness (QED) is 0.516. The summed E-state index contributed by atoms with van der Waals surface area (Å²) in [4.78, 5) is 11.4. The van der Waals surface area contributed by atoms with Crippen molar-refractivity contribution in [3.8, 4) is 0 Å². The van der Waals surface area contributed by atoms with Gasteiger partial charge in [0.05, 0.1) is 25.9 Å². The predicted molar refractivity (Wildman–Crippen MR) is 104 cm³/mol. The first-order chi connectivity index (χ1) is 13.1. The minimum Gasteiger partial charge on any atom is -0.458 e. The molecule has 0 spiro atoms. The largest absolute Gasteiger partial charge is 0.458 e. The number of benzene rings is 2. The van der Waals surface area contributed by atoms with Crippen molar-refractivity contribution >= 4 is 5.97 Å². The molecule has 4 nitrogen and oxygen atoms in total. The third-order valence-corrected chi connectivity index (χ3v) is 4.81. The van der Waals surface area contributed by atoms with Gasteiger partial charge in [-0.1, -0.05) is 67.2 Å². The van der Waals surface area contributed by atoms with Crippen LogP contribution in [0.2, 0.25) is 0 Å². The second-order valence-electron chi connectivity index (χ2n) is 6.85. The van der Waals surface area contributed by atoms with Crippen LogP contribution in [-0.2, 0) is 32.2 Å². The smallest absolute Gasteiger partial charge is 0.303 e. The summed E-state index contributed by atoms with van der Waals surface area (Å²) in [6.45, 7) is 7.13. The van der Waals surface area contributed by atoms with Gasteiger partial charge in [0.15, 0.2) is 0 Å². The lowest BCUT2D eigenvalue weighted by Gasteiger charge is -2.21. The summed E-state index contributed by atoms with van der Waals surface area (Å²) in [5.41, 5.74) is 3.11. The molecular formula is C23H26O4. The molecular weight excluding hydrogens is 340 g/mol. The summed E-state index contributed by atoms with van der Waals surface area (Å²) in [5.74, 6) is -0.296. The van der Waals surface area contributed by atoms with Crippen molar-refractivity contribution in [2.45, 2.75) is 38.8 Å². The van der Waals surface area contributed by atoms with Crippen LogP contribution in [0.4, 0.5) is 0 Å². The van der Waals surface area contributed by atoms with E-state index < -0.39 is 0 Å². The van der Waals surface area contributed by atoms with Crippen LogP contribution in [0.25, 0.3) is 0 Å². The molecule has 3 rings (SSSR count). The number of esters is 1. The van der Waals surface area contributed by atoms with Gasteiger partial charge in [-0.05, 0) is 16.7 Å². The Labute approximate surface area is 160 Å². The van der Waals surface area contributed by atoms with Crippen LogP contribution in [-0.4, -0.2) is 24.8 Å². The second-order valence-corrected chi connectivity index (χ2v) is 6.85. The maximum absolute atomic E-state index is 11.4. The molecule has 0 radical (unpaired) electrons. The first-order valence-electron chi connectivity index (χ1n) is 9.26. The van der Waals surface area contributed by atoms with Gasteiger partial charge in [-0.15, -0.1) is 0 Å². The Kier molecular flexibility index (Phi) is 6.80. The Morgan fingerprint density at radius 2 is 1.59 bits per heavy atom. The summed E-state index contributed by atoms with van der Waals surface area (Å²) >= 11 is 0. The van der Waals surface area contributed by atoms with E-state index in [1.54, 1.807) is 0 Å². The molecule has 27 heavy (non-hydrogen) atoms. The van der Waals surface area contributed by atoms with Crippen molar-refractivity contribution < 1.29 is 19.0 Å². The van der Waals surface area contributed by atoms with E-state index in [2.05, 4.69) is 6.58 Å². The van der Waals surface area contributed by atoms with Crippen LogP contribution >= 0.6 is 0 Å². The fourth-order valence-corrected chi connectivity index (χ4v) is 3.38. The molecule has 3 atom stereocenters. The maximum Gasteiger partial charge on any atom is 0.303 e. The van der Waals surface area contributed by atoms with Gasteiger partial charge in [0.1, 0.15) is 6.10 Å². The second kappa shape index (κ2) is 9.49. The van der Waals surface area contributed by atoms with Gasteiger partial charge < -0.3 is 14.2 Å². The number of ether oxygens (including phenoxy) is 3. The van der Waals surface area contributed by atoms with Crippen molar-refractivity contribution in [1.29, 1.82) is 0 Å². The lowest BCUT2D eigenvalue weighted by atomic mass is 10.0. The molecule has 2 aromatic rings. The van der Waals surface area contributed by atoms with Crippen LogP contribution in [0.5, 0.6) is 0 Å². The van der Waals surface area contributed by atoms with Crippen molar-refractivity contribution in [1.82, 2.24) is 0 Å². The standard InChI is InChI=1S/C23H26O4/c1-17-21(16-25-14-19-9-5-3-6-10-19)23(13-22(17)27-18(2)24)26-15-20-11-7-4-8-12-20/h3-12,21-23H,1,13-16H2,2H3/t21-,22+,23-/m0/s1. The first-order valence-corrected chi connectivity index (χ1v) is 9.26. The molecule has 1 saturated carbocycles. The fourth-order valence-electron chi connectivity index (χ4n) is 3.38. The van der Waals surface area contributed by atoms with Crippen molar-refractivity contribution in [3.05, 3.63) is 83.9 Å². The molecule has 2 aromatic carbocycles. The van der Waals surface area contributed by atoms with Gasteiger partial charge in [-0.2, -0.15) is 0 Å². The Morgan fingerprint density at radius 1 is 1.00 bits per heavy atom. The zero-order valence-corrected chi connectivity index (χ0v) is 15.7. The molecule has 1 fully saturated rings. The highest BCUT2D eigenvalue weighted by atomic mass is 16.5. The van der Waals surface area contributed by atoms with E-state index in [0.29, 0.717) is 26.2 Å². The molecule has 4 heteroatoms. The summed E-state index contributed by atoms with van der Waals surface area (Å²) in [6.07, 6.45) is 0.219. The monoisotopic (exact) mass is 366 g/mol. The number of carbonyl (C=O) groups excluding carboxylic acids is 1. The highest BCUT2D eigenvalue weighted by Gasteiger charge is 2.40. The SMILES string of the molecule is C=C1[C@H](OC(C)=O)C[C@H](OCc2ccccc2)[C@H]1COCc1ccccc1. The van der Waals surface area contributed by atoms with Crippen LogP contribution in [0.15, 0.2) is 72.8 Å². The molecule has 0 aliphatic heterocycles. The number of rotatable bonds is 8. The van der Waals surface area contributed by atoms with E-state index in [-0.39, 0.29) is 24.1 Å². The molecule has 0 amide bonds. The molecule has 0 bridgehead atoms. The van der Waals surface area contributed by atoms with Gasteiger partial charge in [-0.3, -0.25) is 4.79 Å². The van der Waals surface area contributed by atoms with Gasteiger partial charge in [0.25, 0.3) is 0 Å². The van der Waals surface area contributed by atoms with Crippen molar-refractivity contribution in [2.75, 3.05) is 6.61 Å². The number of carbonyl (C=O) groups is 1. The summed E-state index contributed by atoms with van der Waals surface area (Å²) in [7, 11) is 0. The average molecular weight is 366 g/mol. The van der Waals surface area contributed by atoms with Crippen LogP contribution in [0, 0.1) is 5.92 Å². The lowest BCUT2D eigenvalue weighted by molar-refractivity contribution is -0.144. The lowest BCUT2D eigenvalue weighted by Crippen LogP contribution is -2.23. The fraction of sp³-hybridized carbons (Fsp3) is 0.348. The maximum atomic E-state index is 11.4. The predicted octanol–water partition coefficient (Wildman–Crippen LogP) is 4.30. The van der Waals surface area contributed by atoms with Crippen LogP contribution in [0.3, 0.4) is 0 Å². The van der Waals surface area contributed by atoms with Gasteiger partial charge in [-0.25, -0.2) is 0 Å². The molecule has 0 heterocycles. The number of hydrogen-bond donors (Lipinski definition) is 0. The molecule has 0 N–H and O–H groups in total. The number of hydrogen-bond acceptors (Lipinski definition) is 4. The van der Waals surface area contributed by atoms with Crippen molar-refractivity contribution in [3.63, 3.8) is 0 Å². The molecule has 0 saturated heterocycles. The third kappa shape index (κ3) is 5.52. The zero-order chi connectivity index (χ0) is 19.1. The van der Waals surface area contributed by atoms with E-state index >= 15 is 0 Å². The molecule has 0 unspecified atom stereocenters. The molecule has 0 aromatic heterocycles. The van der Waals surface area contributed by atoms with Gasteiger partial charge in [0.2, 0.25) is 0 Å². The molecule has 1 aliphatic rings. The van der Waals surface area contributed by atoms with Crippen molar-refractivity contribution in [2.24, 2.45) is 5.92 Å². The van der Waals surface area contributed by atoms with Crippen LogP contribution in [0.1, 0.15) is 24.5 Å². The minimum absolute atomic E-state index is 0.00164. The summed E-state index contributed by atoms with van der Waals surface area (Å²) in [5, 5.41) is 0. The van der Waals surface area contributed by atoms with Gasteiger partial charge in [0, 0.05) is 19.3 Å². The van der Waals surface area contributed by atoms with Crippen LogP contribution < -0.4 is 0 Å². The Morgan fingerprint density at radius 3 is 2.19 bits per heavy atom. The highest BCUT2D eigenvalue weighted by Crippen LogP contribution is 2.36. The summed E-state index contributed by atoms with van der Waals surface area (Å²) < 4.78 is 17.5. The van der Waals surface area contributed by atoms with E-state index in [0.717, 1.165) is 16.7 Å². The van der Waals surface area contributed by atoms with E-state index in [9.17, 15) is 4.79 Å². The first kappa shape index (κ1) is 19.3. The third-order valence-electron chi connectivity index (χ3n) is 4.81. The zero-order valence-electron chi connectivity index (χ0n) is 15.7. The van der Waals surface area contributed by atoms with E-state index in [4.69, 9.17) is 14.2 Å². The van der Waals surface area contributed by atoms with E-state index in [1.807, 2.05) is 60.7 Å². The molecule has 1 aliphatic carbocycles. The van der Waals surface area contributed by atoms with Gasteiger partial charge >= 0.3 is 5.97 Å². The summed E-state index contributed by atoms with van der Waals surface area (Å²) in [6, 6.07) is 20.1. The minimum atomic E-state index is -0.311. The topological polar surface area (TPSA) is 44.8 Å². The molecule has 142 valence electrons. The Balaban J connectivity index is 1.60. The normalized spacial score (nSPS) is 22.0.